The van der Waals surface area contributed by atoms with Crippen LogP contribution in [0, 0.1) is 5.92 Å². The quantitative estimate of drug-likeness (QED) is 0.610. The zero-order valence-corrected chi connectivity index (χ0v) is 19.5. The number of aromatic nitrogens is 2. The fraction of sp³-hybridized carbons (Fsp3) is 0.480. The maximum atomic E-state index is 13.6. The number of fused-ring (bicyclic) bond motifs is 3. The van der Waals surface area contributed by atoms with Crippen LogP contribution in [0.1, 0.15) is 49.1 Å². The Morgan fingerprint density at radius 2 is 1.81 bits per heavy atom. The first-order valence-electron chi connectivity index (χ1n) is 11.6. The fourth-order valence-corrected chi connectivity index (χ4v) is 6.32. The third-order valence-electron chi connectivity index (χ3n) is 7.02. The lowest BCUT2D eigenvalue weighted by atomic mass is 9.99. The van der Waals surface area contributed by atoms with E-state index in [2.05, 4.69) is 13.8 Å². The molecular weight excluding hydrogens is 422 g/mol. The zero-order chi connectivity index (χ0) is 22.4. The van der Waals surface area contributed by atoms with Gasteiger partial charge in [0.2, 0.25) is 5.91 Å². The summed E-state index contributed by atoms with van der Waals surface area (Å²) in [6, 6.07) is 7.57. The summed E-state index contributed by atoms with van der Waals surface area (Å²) in [5.41, 5.74) is 2.09. The standard InChI is InChI=1S/C25H29N3O3S/c1-3-17-7-9-18(10-8-17)28-23(30)22-19-5-4-6-20(19)32-24(22)27(25(28)31)15-21(29)26-13-11-16(2)12-14-26/h7-10,16H,3-6,11-15H2,1-2H3. The molecule has 0 spiro atoms. The number of carbonyl (C=O) groups excluding carboxylic acids is 1. The SMILES string of the molecule is CCc1ccc(-n2c(=O)c3c4c(sc3n(CC(=O)N3CCC(C)CC3)c2=O)CCC4)cc1. The first-order valence-corrected chi connectivity index (χ1v) is 12.5. The number of thiophene rings is 1. The van der Waals surface area contributed by atoms with Crippen molar-refractivity contribution < 1.29 is 4.79 Å². The summed E-state index contributed by atoms with van der Waals surface area (Å²) in [5, 5.41) is 0.627. The second-order valence-electron chi connectivity index (χ2n) is 9.13. The third-order valence-corrected chi connectivity index (χ3v) is 8.33. The van der Waals surface area contributed by atoms with E-state index in [1.165, 1.54) is 20.8 Å². The van der Waals surface area contributed by atoms with Crippen molar-refractivity contribution in [3.63, 3.8) is 0 Å². The van der Waals surface area contributed by atoms with E-state index < -0.39 is 5.69 Å². The molecule has 0 atom stereocenters. The molecule has 0 radical (unpaired) electrons. The molecule has 0 bridgehead atoms. The highest BCUT2D eigenvalue weighted by Crippen LogP contribution is 2.35. The normalized spacial score (nSPS) is 16.6. The number of rotatable bonds is 4. The van der Waals surface area contributed by atoms with Crippen molar-refractivity contribution in [2.24, 2.45) is 5.92 Å². The Kier molecular flexibility index (Phi) is 5.53. The van der Waals surface area contributed by atoms with Crippen molar-refractivity contribution in [2.45, 2.75) is 58.9 Å². The van der Waals surface area contributed by atoms with Crippen LogP contribution in [0.3, 0.4) is 0 Å². The Morgan fingerprint density at radius 1 is 1.09 bits per heavy atom. The van der Waals surface area contributed by atoms with Crippen LogP contribution in [-0.2, 0) is 30.6 Å². The van der Waals surface area contributed by atoms with E-state index in [0.717, 1.165) is 62.7 Å². The number of hydrogen-bond donors (Lipinski definition) is 0. The van der Waals surface area contributed by atoms with E-state index in [1.807, 2.05) is 29.2 Å². The van der Waals surface area contributed by atoms with Gasteiger partial charge < -0.3 is 4.90 Å². The minimum absolute atomic E-state index is 0.0174. The largest absolute Gasteiger partial charge is 0.341 e. The Morgan fingerprint density at radius 3 is 2.50 bits per heavy atom. The average molecular weight is 452 g/mol. The van der Waals surface area contributed by atoms with Crippen LogP contribution in [0.2, 0.25) is 0 Å². The van der Waals surface area contributed by atoms with E-state index in [0.29, 0.717) is 21.8 Å². The van der Waals surface area contributed by atoms with Gasteiger partial charge in [0.05, 0.1) is 11.1 Å². The smallest absolute Gasteiger partial charge is 0.337 e. The predicted molar refractivity (Wildman–Crippen MR) is 128 cm³/mol. The summed E-state index contributed by atoms with van der Waals surface area (Å²) < 4.78 is 2.81. The molecule has 0 saturated carbocycles. The Hall–Kier alpha value is -2.67. The summed E-state index contributed by atoms with van der Waals surface area (Å²) in [4.78, 5) is 44.0. The molecule has 32 heavy (non-hydrogen) atoms. The number of benzene rings is 1. The molecule has 1 amide bonds. The lowest BCUT2D eigenvalue weighted by Gasteiger charge is -2.30. The van der Waals surface area contributed by atoms with Crippen LogP contribution >= 0.6 is 11.3 Å². The van der Waals surface area contributed by atoms with Crippen molar-refractivity contribution in [3.8, 4) is 5.69 Å². The Bertz CT molecular complexity index is 1290. The van der Waals surface area contributed by atoms with Crippen LogP contribution < -0.4 is 11.2 Å². The molecular formula is C25H29N3O3S. The molecule has 1 aliphatic carbocycles. The van der Waals surface area contributed by atoms with Gasteiger partial charge in [0.25, 0.3) is 5.56 Å². The van der Waals surface area contributed by atoms with Gasteiger partial charge in [-0.3, -0.25) is 14.2 Å². The van der Waals surface area contributed by atoms with E-state index in [1.54, 1.807) is 4.57 Å². The van der Waals surface area contributed by atoms with Crippen LogP contribution in [-0.4, -0.2) is 33.0 Å². The monoisotopic (exact) mass is 451 g/mol. The summed E-state index contributed by atoms with van der Waals surface area (Å²) in [5.74, 6) is 0.585. The molecule has 3 heterocycles. The second-order valence-corrected chi connectivity index (χ2v) is 10.2. The van der Waals surface area contributed by atoms with Crippen molar-refractivity contribution in [3.05, 3.63) is 61.1 Å². The summed E-state index contributed by atoms with van der Waals surface area (Å²) >= 11 is 1.52. The van der Waals surface area contributed by atoms with Crippen molar-refractivity contribution in [2.75, 3.05) is 13.1 Å². The zero-order valence-electron chi connectivity index (χ0n) is 18.7. The highest BCUT2D eigenvalue weighted by molar-refractivity contribution is 7.19. The molecule has 3 aromatic rings. The maximum absolute atomic E-state index is 13.6. The predicted octanol–water partition coefficient (Wildman–Crippen LogP) is 3.52. The molecule has 1 aromatic carbocycles. The van der Waals surface area contributed by atoms with Crippen LogP contribution in [0.5, 0.6) is 0 Å². The number of hydrogen-bond acceptors (Lipinski definition) is 4. The number of nitrogens with zero attached hydrogens (tertiary/aromatic N) is 3. The van der Waals surface area contributed by atoms with Gasteiger partial charge in [-0.25, -0.2) is 9.36 Å². The first-order chi connectivity index (χ1) is 15.5. The summed E-state index contributed by atoms with van der Waals surface area (Å²) in [6.07, 6.45) is 5.70. The summed E-state index contributed by atoms with van der Waals surface area (Å²) in [6.45, 7) is 5.73. The molecule has 0 N–H and O–H groups in total. The van der Waals surface area contributed by atoms with Gasteiger partial charge >= 0.3 is 5.69 Å². The van der Waals surface area contributed by atoms with Crippen molar-refractivity contribution in [1.82, 2.24) is 14.0 Å². The van der Waals surface area contributed by atoms with Crippen LogP contribution in [0.15, 0.2) is 33.9 Å². The first kappa shape index (κ1) is 21.2. The number of likely N-dealkylation sites (tertiary alicyclic amines) is 1. The van der Waals surface area contributed by atoms with E-state index in [9.17, 15) is 14.4 Å². The lowest BCUT2D eigenvalue weighted by Crippen LogP contribution is -2.44. The van der Waals surface area contributed by atoms with E-state index >= 15 is 0 Å². The number of aryl methyl sites for hydroxylation is 3. The van der Waals surface area contributed by atoms with Crippen molar-refractivity contribution >= 4 is 27.5 Å². The van der Waals surface area contributed by atoms with E-state index in [-0.39, 0.29) is 18.0 Å². The topological polar surface area (TPSA) is 64.3 Å². The highest BCUT2D eigenvalue weighted by Gasteiger charge is 2.27. The van der Waals surface area contributed by atoms with Gasteiger partial charge in [0.15, 0.2) is 0 Å². The van der Waals surface area contributed by atoms with Gasteiger partial charge in [-0.05, 0) is 67.7 Å². The lowest BCUT2D eigenvalue weighted by molar-refractivity contribution is -0.133. The number of carbonyl (C=O) groups is 1. The highest BCUT2D eigenvalue weighted by atomic mass is 32.1. The van der Waals surface area contributed by atoms with Crippen molar-refractivity contribution in [1.29, 1.82) is 0 Å². The number of amides is 1. The maximum Gasteiger partial charge on any atom is 0.337 e. The summed E-state index contributed by atoms with van der Waals surface area (Å²) in [7, 11) is 0. The molecule has 7 heteroatoms. The molecule has 1 aliphatic heterocycles. The van der Waals surface area contributed by atoms with Gasteiger partial charge in [-0.2, -0.15) is 0 Å². The molecule has 0 unspecified atom stereocenters. The van der Waals surface area contributed by atoms with Gasteiger partial charge in [0.1, 0.15) is 11.4 Å². The molecule has 6 nitrogen and oxygen atoms in total. The van der Waals surface area contributed by atoms with E-state index in [4.69, 9.17) is 0 Å². The molecule has 1 fully saturated rings. The minimum atomic E-state index is -0.426. The van der Waals surface area contributed by atoms with Crippen LogP contribution in [0.4, 0.5) is 0 Å². The molecule has 5 rings (SSSR count). The second kappa shape index (κ2) is 8.35. The van der Waals surface area contributed by atoms with Gasteiger partial charge in [-0.1, -0.05) is 26.0 Å². The Labute approximate surface area is 191 Å². The molecule has 2 aliphatic rings. The number of piperidine rings is 1. The average Bonchev–Trinajstić information content (AvgIpc) is 3.39. The molecule has 2 aromatic heterocycles. The van der Waals surface area contributed by atoms with Gasteiger partial charge in [-0.15, -0.1) is 11.3 Å². The van der Waals surface area contributed by atoms with Crippen LogP contribution in [0.25, 0.3) is 15.9 Å². The Balaban J connectivity index is 1.65. The molecule has 168 valence electrons. The molecule has 1 saturated heterocycles. The van der Waals surface area contributed by atoms with Gasteiger partial charge in [0, 0.05) is 18.0 Å². The minimum Gasteiger partial charge on any atom is -0.341 e. The third kappa shape index (κ3) is 3.52. The fourth-order valence-electron chi connectivity index (χ4n) is 4.95.